The normalized spacial score (nSPS) is 11.0. The zero-order chi connectivity index (χ0) is 27.1. The summed E-state index contributed by atoms with van der Waals surface area (Å²) in [5.41, 5.74) is 3.55. The predicted molar refractivity (Wildman–Crippen MR) is 143 cm³/mol. The summed E-state index contributed by atoms with van der Waals surface area (Å²) in [5.74, 6) is 4.21. The molecule has 0 fully saturated rings. The molecule has 190 valence electrons. The molecule has 0 unspecified atom stereocenters. The fourth-order valence-corrected chi connectivity index (χ4v) is 3.60. The van der Waals surface area contributed by atoms with E-state index in [1.165, 1.54) is 24.3 Å². The molecule has 1 heterocycles. The van der Waals surface area contributed by atoms with E-state index in [0.29, 0.717) is 22.6 Å². The summed E-state index contributed by atoms with van der Waals surface area (Å²) >= 11 is 0. The fourth-order valence-electron chi connectivity index (χ4n) is 3.60. The molecule has 0 saturated heterocycles. The van der Waals surface area contributed by atoms with Gasteiger partial charge in [0.15, 0.2) is 0 Å². The van der Waals surface area contributed by atoms with Crippen molar-refractivity contribution in [2.24, 2.45) is 7.05 Å². The van der Waals surface area contributed by atoms with Crippen LogP contribution in [0.4, 0.5) is 16.3 Å². The van der Waals surface area contributed by atoms with Crippen LogP contribution in [0, 0.1) is 11.8 Å². The number of anilines is 2. The van der Waals surface area contributed by atoms with Crippen molar-refractivity contribution in [2.45, 2.75) is 13.0 Å². The maximum atomic E-state index is 12.6. The summed E-state index contributed by atoms with van der Waals surface area (Å²) in [6, 6.07) is 22.4. The molecule has 9 nitrogen and oxygen atoms in total. The Morgan fingerprint density at radius 2 is 1.63 bits per heavy atom. The molecule has 1 aromatic heterocycles. The number of carbonyl (C=O) groups excluding carboxylic acids is 2. The maximum Gasteiger partial charge on any atom is 0.413 e. The summed E-state index contributed by atoms with van der Waals surface area (Å²) in [6.07, 6.45) is 0.615. The number of benzene rings is 3. The smallest absolute Gasteiger partial charge is 0.413 e. The Hall–Kier alpha value is -5.36. The number of carboxylic acids is 1. The number of hydrogen-bond donors (Lipinski definition) is 3. The molecule has 3 aromatic carbocycles. The second kappa shape index (κ2) is 11.6. The molecule has 1 atom stereocenters. The standard InChI is InChI=1S/C29H24N4O5/c1-19(21-6-4-3-5-7-21)38-29(37)32-27-25(18-30-33(27)2)22-11-8-20(9-12-22)10-17-26(34)31-24-15-13-23(14-16-24)28(35)36/h3-9,11-16,18-19H,1-2H3,(H,31,34)(H,32,37)(H,35,36)/t19-/m1/s1. The monoisotopic (exact) mass is 508 g/mol. The third kappa shape index (κ3) is 6.44. The summed E-state index contributed by atoms with van der Waals surface area (Å²) in [7, 11) is 1.72. The second-order valence-corrected chi connectivity index (χ2v) is 8.28. The molecule has 38 heavy (non-hydrogen) atoms. The second-order valence-electron chi connectivity index (χ2n) is 8.28. The Morgan fingerprint density at radius 1 is 0.947 bits per heavy atom. The number of carboxylic acid groups (broad SMARTS) is 1. The fraction of sp³-hybridized carbons (Fsp3) is 0.103. The van der Waals surface area contributed by atoms with Crippen molar-refractivity contribution in [3.8, 4) is 23.0 Å². The lowest BCUT2D eigenvalue weighted by molar-refractivity contribution is -0.111. The highest BCUT2D eigenvalue weighted by atomic mass is 16.6. The zero-order valence-electron chi connectivity index (χ0n) is 20.6. The summed E-state index contributed by atoms with van der Waals surface area (Å²) in [6.45, 7) is 1.80. The highest BCUT2D eigenvalue weighted by Gasteiger charge is 2.17. The van der Waals surface area contributed by atoms with Crippen LogP contribution in [-0.4, -0.2) is 32.9 Å². The highest BCUT2D eigenvalue weighted by Crippen LogP contribution is 2.28. The maximum absolute atomic E-state index is 12.6. The number of aromatic nitrogens is 2. The van der Waals surface area contributed by atoms with E-state index in [0.717, 1.165) is 11.1 Å². The number of aryl methyl sites for hydroxylation is 1. The predicted octanol–water partition coefficient (Wildman–Crippen LogP) is 5.09. The van der Waals surface area contributed by atoms with E-state index < -0.39 is 24.1 Å². The molecule has 0 aliphatic carbocycles. The average molecular weight is 509 g/mol. The van der Waals surface area contributed by atoms with E-state index in [1.54, 1.807) is 37.0 Å². The van der Waals surface area contributed by atoms with Crippen molar-refractivity contribution in [1.29, 1.82) is 0 Å². The van der Waals surface area contributed by atoms with Gasteiger partial charge in [0.2, 0.25) is 0 Å². The van der Waals surface area contributed by atoms with E-state index in [4.69, 9.17) is 9.84 Å². The van der Waals surface area contributed by atoms with Crippen molar-refractivity contribution in [2.75, 3.05) is 10.6 Å². The third-order valence-corrected chi connectivity index (χ3v) is 5.62. The number of hydrogen-bond acceptors (Lipinski definition) is 5. The van der Waals surface area contributed by atoms with Crippen LogP contribution in [0.2, 0.25) is 0 Å². The van der Waals surface area contributed by atoms with Crippen molar-refractivity contribution >= 4 is 29.5 Å². The van der Waals surface area contributed by atoms with E-state index in [-0.39, 0.29) is 5.56 Å². The van der Waals surface area contributed by atoms with Crippen LogP contribution < -0.4 is 10.6 Å². The van der Waals surface area contributed by atoms with Crippen LogP contribution in [-0.2, 0) is 16.6 Å². The number of ether oxygens (including phenoxy) is 1. The van der Waals surface area contributed by atoms with Gasteiger partial charge in [-0.25, -0.2) is 9.59 Å². The lowest BCUT2D eigenvalue weighted by Gasteiger charge is -2.15. The quantitative estimate of drug-likeness (QED) is 0.312. The molecule has 3 N–H and O–H groups in total. The van der Waals surface area contributed by atoms with E-state index >= 15 is 0 Å². The number of nitrogens with zero attached hydrogens (tertiary/aromatic N) is 2. The molecule has 9 heteroatoms. The van der Waals surface area contributed by atoms with Crippen LogP contribution >= 0.6 is 0 Å². The summed E-state index contributed by atoms with van der Waals surface area (Å²) < 4.78 is 7.06. The Morgan fingerprint density at radius 3 is 2.29 bits per heavy atom. The van der Waals surface area contributed by atoms with Crippen molar-refractivity contribution in [1.82, 2.24) is 9.78 Å². The van der Waals surface area contributed by atoms with E-state index in [9.17, 15) is 14.4 Å². The summed E-state index contributed by atoms with van der Waals surface area (Å²) in [5, 5.41) is 18.6. The first-order valence-corrected chi connectivity index (χ1v) is 11.6. The number of rotatable bonds is 6. The number of aromatic carboxylic acids is 1. The lowest BCUT2D eigenvalue weighted by atomic mass is 10.1. The molecule has 0 spiro atoms. The SMILES string of the molecule is C[C@@H](OC(=O)Nc1c(-c2ccc(C#CC(=O)Nc3ccc(C(=O)O)cc3)cc2)cnn1C)c1ccccc1. The molecular formula is C29H24N4O5. The minimum absolute atomic E-state index is 0.125. The first-order chi connectivity index (χ1) is 18.3. The Labute approximate surface area is 219 Å². The largest absolute Gasteiger partial charge is 0.478 e. The van der Waals surface area contributed by atoms with Crippen molar-refractivity contribution in [3.63, 3.8) is 0 Å². The Kier molecular flexibility index (Phi) is 7.84. The summed E-state index contributed by atoms with van der Waals surface area (Å²) in [4.78, 5) is 35.6. The third-order valence-electron chi connectivity index (χ3n) is 5.62. The molecule has 2 amide bonds. The molecule has 0 radical (unpaired) electrons. The van der Waals surface area contributed by atoms with Gasteiger partial charge in [-0.15, -0.1) is 0 Å². The van der Waals surface area contributed by atoms with Gasteiger partial charge in [-0.05, 0) is 54.4 Å². The van der Waals surface area contributed by atoms with E-state index in [2.05, 4.69) is 27.6 Å². The zero-order valence-corrected chi connectivity index (χ0v) is 20.6. The topological polar surface area (TPSA) is 123 Å². The minimum Gasteiger partial charge on any atom is -0.478 e. The van der Waals surface area contributed by atoms with Crippen LogP contribution in [0.5, 0.6) is 0 Å². The van der Waals surface area contributed by atoms with Gasteiger partial charge in [0, 0.05) is 29.8 Å². The highest BCUT2D eigenvalue weighted by molar-refractivity contribution is 6.04. The van der Waals surface area contributed by atoms with Crippen LogP contribution in [0.3, 0.4) is 0 Å². The van der Waals surface area contributed by atoms with Crippen LogP contribution in [0.15, 0.2) is 85.1 Å². The van der Waals surface area contributed by atoms with Gasteiger partial charge in [-0.1, -0.05) is 48.4 Å². The van der Waals surface area contributed by atoms with Gasteiger partial charge in [0.1, 0.15) is 11.9 Å². The molecule has 4 aromatic rings. The van der Waals surface area contributed by atoms with Gasteiger partial charge >= 0.3 is 18.0 Å². The van der Waals surface area contributed by atoms with E-state index in [1.807, 2.05) is 42.5 Å². The lowest BCUT2D eigenvalue weighted by Crippen LogP contribution is -2.18. The minimum atomic E-state index is -1.04. The number of nitrogens with one attached hydrogen (secondary N) is 2. The van der Waals surface area contributed by atoms with Gasteiger partial charge in [0.25, 0.3) is 0 Å². The van der Waals surface area contributed by atoms with Gasteiger partial charge in [-0.3, -0.25) is 14.8 Å². The first-order valence-electron chi connectivity index (χ1n) is 11.6. The van der Waals surface area contributed by atoms with Gasteiger partial charge < -0.3 is 15.2 Å². The van der Waals surface area contributed by atoms with Crippen molar-refractivity contribution < 1.29 is 24.2 Å². The first kappa shape index (κ1) is 25.7. The Balaban J connectivity index is 1.40. The van der Waals surface area contributed by atoms with Gasteiger partial charge in [-0.2, -0.15) is 5.10 Å². The number of carbonyl (C=O) groups is 3. The van der Waals surface area contributed by atoms with Crippen molar-refractivity contribution in [3.05, 3.63) is 102 Å². The van der Waals surface area contributed by atoms with Gasteiger partial charge in [0.05, 0.1) is 11.8 Å². The molecule has 0 aliphatic rings. The van der Waals surface area contributed by atoms with Crippen LogP contribution in [0.1, 0.15) is 34.5 Å². The molecule has 0 bridgehead atoms. The molecule has 0 aliphatic heterocycles. The Bertz CT molecular complexity index is 1520. The molecule has 0 saturated carbocycles. The molecule has 4 rings (SSSR count). The molecular weight excluding hydrogens is 484 g/mol. The average Bonchev–Trinajstić information content (AvgIpc) is 3.28. The van der Waals surface area contributed by atoms with Crippen LogP contribution in [0.25, 0.3) is 11.1 Å². The number of amides is 2.